The van der Waals surface area contributed by atoms with Crippen LogP contribution in [0, 0.1) is 0 Å². The van der Waals surface area contributed by atoms with Crippen LogP contribution in [0.2, 0.25) is 0 Å². The number of nitrogens with one attached hydrogen (secondary N) is 2. The Hall–Kier alpha value is -1.24. The quantitative estimate of drug-likeness (QED) is 0.523. The smallest absolute Gasteiger partial charge is 0.327 e. The molecule has 6 nitrogen and oxygen atoms in total. The first-order valence-electron chi connectivity index (χ1n) is 6.77. The lowest BCUT2D eigenvalue weighted by atomic mass is 10.2. The fourth-order valence-corrected chi connectivity index (χ4v) is 2.41. The van der Waals surface area contributed by atoms with Crippen LogP contribution in [0.4, 0.5) is 0 Å². The predicted molar refractivity (Wildman–Crippen MR) is 79.7 cm³/mol. The minimum Gasteiger partial charge on any atom is -0.480 e. The van der Waals surface area contributed by atoms with Crippen LogP contribution in [0.5, 0.6) is 0 Å². The Balaban J connectivity index is 4.04. The van der Waals surface area contributed by atoms with Crippen molar-refractivity contribution in [1.82, 2.24) is 10.6 Å². The number of amides is 2. The minimum absolute atomic E-state index is 0.0990. The molecule has 20 heavy (non-hydrogen) atoms. The van der Waals surface area contributed by atoms with E-state index >= 15 is 0 Å². The molecule has 3 N–H and O–H groups in total. The standard InChI is InChI=1S/C13H24N2O4S/c1-4-5-6-7-14-12(17)9(2)20-8-11(13(18)19)15-10(3)16/h9,11H,4-8H2,1-3H3,(H,14,17)(H,15,16)(H,18,19). The summed E-state index contributed by atoms with van der Waals surface area (Å²) in [5.74, 6) is -1.42. The monoisotopic (exact) mass is 304 g/mol. The topological polar surface area (TPSA) is 95.5 Å². The van der Waals surface area contributed by atoms with Crippen molar-refractivity contribution in [2.24, 2.45) is 0 Å². The van der Waals surface area contributed by atoms with E-state index in [-0.39, 0.29) is 16.9 Å². The van der Waals surface area contributed by atoms with Crippen LogP contribution < -0.4 is 10.6 Å². The molecular weight excluding hydrogens is 280 g/mol. The van der Waals surface area contributed by atoms with Crippen molar-refractivity contribution >= 4 is 29.5 Å². The van der Waals surface area contributed by atoms with Crippen molar-refractivity contribution in [3.8, 4) is 0 Å². The van der Waals surface area contributed by atoms with Gasteiger partial charge in [-0.25, -0.2) is 4.79 Å². The second-order valence-corrected chi connectivity index (χ2v) is 5.94. The predicted octanol–water partition coefficient (Wildman–Crippen LogP) is 1.00. The zero-order valence-corrected chi connectivity index (χ0v) is 13.1. The van der Waals surface area contributed by atoms with Gasteiger partial charge in [-0.15, -0.1) is 11.8 Å². The van der Waals surface area contributed by atoms with E-state index in [4.69, 9.17) is 5.11 Å². The lowest BCUT2D eigenvalue weighted by molar-refractivity contribution is -0.140. The maximum Gasteiger partial charge on any atom is 0.327 e. The van der Waals surface area contributed by atoms with E-state index in [0.717, 1.165) is 19.3 Å². The number of carboxylic acid groups (broad SMARTS) is 1. The largest absolute Gasteiger partial charge is 0.480 e. The number of hydrogen-bond donors (Lipinski definition) is 3. The van der Waals surface area contributed by atoms with Gasteiger partial charge in [0.05, 0.1) is 5.25 Å². The highest BCUT2D eigenvalue weighted by molar-refractivity contribution is 8.00. The maximum absolute atomic E-state index is 11.7. The lowest BCUT2D eigenvalue weighted by Gasteiger charge is -2.16. The molecule has 0 spiro atoms. The first kappa shape index (κ1) is 18.8. The van der Waals surface area contributed by atoms with Crippen molar-refractivity contribution in [2.45, 2.75) is 51.3 Å². The summed E-state index contributed by atoms with van der Waals surface area (Å²) >= 11 is 1.22. The van der Waals surface area contributed by atoms with E-state index < -0.39 is 17.9 Å². The van der Waals surface area contributed by atoms with E-state index in [1.165, 1.54) is 18.7 Å². The molecule has 2 unspecified atom stereocenters. The Labute approximate surface area is 124 Å². The van der Waals surface area contributed by atoms with Gasteiger partial charge in [0.25, 0.3) is 0 Å². The molecule has 0 aliphatic carbocycles. The highest BCUT2D eigenvalue weighted by Crippen LogP contribution is 2.12. The van der Waals surface area contributed by atoms with E-state index in [0.29, 0.717) is 6.54 Å². The number of carboxylic acids is 1. The summed E-state index contributed by atoms with van der Waals surface area (Å²) in [6.07, 6.45) is 3.12. The minimum atomic E-state index is -1.09. The summed E-state index contributed by atoms with van der Waals surface area (Å²) in [6.45, 7) is 5.73. The van der Waals surface area contributed by atoms with Crippen LogP contribution in [0.25, 0.3) is 0 Å². The summed E-state index contributed by atoms with van der Waals surface area (Å²) in [6, 6.07) is -0.965. The summed E-state index contributed by atoms with van der Waals surface area (Å²) in [7, 11) is 0. The number of carbonyl (C=O) groups excluding carboxylic acids is 2. The van der Waals surface area contributed by atoms with Crippen LogP contribution in [0.15, 0.2) is 0 Å². The SMILES string of the molecule is CCCCCNC(=O)C(C)SCC(NC(C)=O)C(=O)O. The van der Waals surface area contributed by atoms with Crippen molar-refractivity contribution < 1.29 is 19.5 Å². The molecule has 0 saturated heterocycles. The first-order valence-corrected chi connectivity index (χ1v) is 7.82. The van der Waals surface area contributed by atoms with Gasteiger partial charge in [0.15, 0.2) is 0 Å². The van der Waals surface area contributed by atoms with E-state index in [9.17, 15) is 14.4 Å². The molecule has 116 valence electrons. The van der Waals surface area contributed by atoms with Gasteiger partial charge in [-0.2, -0.15) is 0 Å². The summed E-state index contributed by atoms with van der Waals surface area (Å²) in [4.78, 5) is 33.6. The van der Waals surface area contributed by atoms with Gasteiger partial charge in [0.1, 0.15) is 6.04 Å². The van der Waals surface area contributed by atoms with Gasteiger partial charge in [0.2, 0.25) is 11.8 Å². The number of thioether (sulfide) groups is 1. The molecule has 2 atom stereocenters. The Bertz CT molecular complexity index is 336. The summed E-state index contributed by atoms with van der Waals surface area (Å²) < 4.78 is 0. The van der Waals surface area contributed by atoms with E-state index in [2.05, 4.69) is 17.6 Å². The Morgan fingerprint density at radius 3 is 2.40 bits per heavy atom. The third-order valence-electron chi connectivity index (χ3n) is 2.64. The zero-order chi connectivity index (χ0) is 15.5. The summed E-state index contributed by atoms with van der Waals surface area (Å²) in [5, 5.41) is 13.8. The molecule has 0 aliphatic rings. The van der Waals surface area contributed by atoms with E-state index in [1.807, 2.05) is 0 Å². The van der Waals surface area contributed by atoms with Crippen LogP contribution in [0.3, 0.4) is 0 Å². The van der Waals surface area contributed by atoms with Crippen LogP contribution >= 0.6 is 11.8 Å². The Morgan fingerprint density at radius 2 is 1.90 bits per heavy atom. The molecule has 0 bridgehead atoms. The van der Waals surface area contributed by atoms with Crippen molar-refractivity contribution in [3.05, 3.63) is 0 Å². The fraction of sp³-hybridized carbons (Fsp3) is 0.769. The molecule has 0 heterocycles. The van der Waals surface area contributed by atoms with Gasteiger partial charge in [0, 0.05) is 19.2 Å². The van der Waals surface area contributed by atoms with Gasteiger partial charge < -0.3 is 15.7 Å². The van der Waals surface area contributed by atoms with Gasteiger partial charge >= 0.3 is 5.97 Å². The molecular formula is C13H24N2O4S. The molecule has 0 saturated carbocycles. The van der Waals surface area contributed by atoms with E-state index in [1.54, 1.807) is 6.92 Å². The average molecular weight is 304 g/mol. The lowest BCUT2D eigenvalue weighted by Crippen LogP contribution is -2.42. The molecule has 0 fully saturated rings. The molecule has 0 aromatic heterocycles. The Morgan fingerprint density at radius 1 is 1.25 bits per heavy atom. The van der Waals surface area contributed by atoms with Crippen molar-refractivity contribution in [3.63, 3.8) is 0 Å². The fourth-order valence-electron chi connectivity index (χ4n) is 1.47. The number of hydrogen-bond acceptors (Lipinski definition) is 4. The average Bonchev–Trinajstić information content (AvgIpc) is 2.38. The highest BCUT2D eigenvalue weighted by Gasteiger charge is 2.21. The molecule has 7 heteroatoms. The zero-order valence-electron chi connectivity index (χ0n) is 12.3. The molecule has 2 amide bonds. The summed E-state index contributed by atoms with van der Waals surface area (Å²) in [5.41, 5.74) is 0. The molecule has 0 aliphatic heterocycles. The third-order valence-corrected chi connectivity index (χ3v) is 3.88. The van der Waals surface area contributed by atoms with Gasteiger partial charge in [-0.1, -0.05) is 19.8 Å². The van der Waals surface area contributed by atoms with Crippen LogP contribution in [-0.4, -0.2) is 46.5 Å². The van der Waals surface area contributed by atoms with Crippen LogP contribution in [-0.2, 0) is 14.4 Å². The van der Waals surface area contributed by atoms with Crippen molar-refractivity contribution in [2.75, 3.05) is 12.3 Å². The molecule has 0 radical (unpaired) electrons. The number of carbonyl (C=O) groups is 3. The molecule has 0 aromatic rings. The Kier molecular flexibility index (Phi) is 9.88. The number of aliphatic carboxylic acids is 1. The van der Waals surface area contributed by atoms with Gasteiger partial charge in [-0.3, -0.25) is 9.59 Å². The first-order chi connectivity index (χ1) is 9.38. The van der Waals surface area contributed by atoms with Gasteiger partial charge in [-0.05, 0) is 13.3 Å². The van der Waals surface area contributed by atoms with Crippen molar-refractivity contribution in [1.29, 1.82) is 0 Å². The normalized spacial score (nSPS) is 13.3. The maximum atomic E-state index is 11.7. The van der Waals surface area contributed by atoms with Crippen LogP contribution in [0.1, 0.15) is 40.0 Å². The second kappa shape index (κ2) is 10.5. The molecule has 0 rings (SSSR count). The number of rotatable bonds is 10. The highest BCUT2D eigenvalue weighted by atomic mass is 32.2. The third kappa shape index (κ3) is 8.79. The molecule has 0 aromatic carbocycles. The second-order valence-electron chi connectivity index (χ2n) is 4.57. The number of unbranched alkanes of at least 4 members (excludes halogenated alkanes) is 2.